The molecule has 1 atom stereocenters. The van der Waals surface area contributed by atoms with Crippen molar-refractivity contribution in [3.8, 4) is 17.1 Å². The van der Waals surface area contributed by atoms with Gasteiger partial charge < -0.3 is 24.4 Å². The van der Waals surface area contributed by atoms with E-state index in [1.54, 1.807) is 20.2 Å². The highest BCUT2D eigenvalue weighted by atomic mass is 19.4. The van der Waals surface area contributed by atoms with E-state index >= 15 is 0 Å². The van der Waals surface area contributed by atoms with Crippen LogP contribution in [0.3, 0.4) is 0 Å². The molecule has 0 aliphatic heterocycles. The number of nitrogens with one attached hydrogen (secondary N) is 2. The normalized spacial score (nSPS) is 12.5. The van der Waals surface area contributed by atoms with Gasteiger partial charge in [-0.1, -0.05) is 6.07 Å². The molecule has 0 spiro atoms. The minimum Gasteiger partial charge on any atom is -0.496 e. The number of rotatable bonds is 8. The van der Waals surface area contributed by atoms with Gasteiger partial charge in [-0.15, -0.1) is 0 Å². The number of halogens is 3. The van der Waals surface area contributed by atoms with Crippen LogP contribution in [0.25, 0.3) is 22.4 Å². The molecule has 2 aromatic heterocycles. The highest BCUT2D eigenvalue weighted by Crippen LogP contribution is 2.35. The lowest BCUT2D eigenvalue weighted by atomic mass is 10.1. The van der Waals surface area contributed by atoms with Gasteiger partial charge in [0.1, 0.15) is 12.3 Å². The number of ether oxygens (including phenoxy) is 1. The number of para-hydroxylation sites is 1. The molecule has 184 valence electrons. The van der Waals surface area contributed by atoms with E-state index in [1.807, 2.05) is 25.1 Å². The predicted octanol–water partition coefficient (Wildman–Crippen LogP) is 4.64. The van der Waals surface area contributed by atoms with Crippen molar-refractivity contribution in [2.75, 3.05) is 19.0 Å². The van der Waals surface area contributed by atoms with Crippen molar-refractivity contribution in [3.63, 3.8) is 0 Å². The molecule has 0 aliphatic carbocycles. The quantitative estimate of drug-likeness (QED) is 0.376. The first-order valence-corrected chi connectivity index (χ1v) is 10.8. The molecule has 2 N–H and O–H groups in total. The fourth-order valence-corrected chi connectivity index (χ4v) is 3.76. The number of nitrogens with zero attached hydrogens (tertiary/aromatic N) is 3. The number of fused-ring (bicyclic) bond motifs is 1. The molecule has 2 heterocycles. The third-order valence-electron chi connectivity index (χ3n) is 5.36. The van der Waals surface area contributed by atoms with Crippen molar-refractivity contribution >= 4 is 22.6 Å². The summed E-state index contributed by atoms with van der Waals surface area (Å²) in [5.74, 6) is 1.30. The highest BCUT2D eigenvalue weighted by Gasteiger charge is 2.34. The van der Waals surface area contributed by atoms with Crippen molar-refractivity contribution in [2.45, 2.75) is 32.6 Å². The van der Waals surface area contributed by atoms with Crippen LogP contribution in [0.4, 0.5) is 18.9 Å². The smallest absolute Gasteiger partial charge is 0.418 e. The maximum atomic E-state index is 13.4. The second-order valence-electron chi connectivity index (χ2n) is 8.05. The highest BCUT2D eigenvalue weighted by molar-refractivity contribution is 5.83. The Morgan fingerprint density at radius 1 is 1.23 bits per heavy atom. The van der Waals surface area contributed by atoms with Gasteiger partial charge in [0.15, 0.2) is 11.7 Å². The summed E-state index contributed by atoms with van der Waals surface area (Å²) in [7, 11) is 1.56. The van der Waals surface area contributed by atoms with E-state index in [2.05, 4.69) is 20.6 Å². The van der Waals surface area contributed by atoms with Crippen LogP contribution < -0.4 is 15.4 Å². The molecule has 11 heteroatoms. The number of methoxy groups -OCH3 is 1. The average molecular weight is 487 g/mol. The number of hydrogen-bond donors (Lipinski definition) is 2. The van der Waals surface area contributed by atoms with E-state index in [-0.39, 0.29) is 30.2 Å². The predicted molar refractivity (Wildman–Crippen MR) is 124 cm³/mol. The van der Waals surface area contributed by atoms with Gasteiger partial charge in [0.25, 0.3) is 0 Å². The zero-order valence-corrected chi connectivity index (χ0v) is 19.3. The van der Waals surface area contributed by atoms with Gasteiger partial charge in [0, 0.05) is 31.3 Å². The van der Waals surface area contributed by atoms with Crippen LogP contribution in [-0.4, -0.2) is 40.1 Å². The molecule has 2 aromatic carbocycles. The Bertz CT molecular complexity index is 1350. The minimum absolute atomic E-state index is 0.115. The largest absolute Gasteiger partial charge is 0.496 e. The molecular formula is C24H24F3N5O3. The Labute approximate surface area is 199 Å². The zero-order valence-electron chi connectivity index (χ0n) is 19.3. The standard InChI is InChI=1S/C24H24F3N5O3/c1-14(31-16-7-8-17(20(9-16)34-3)21-11-28-15(2)35-21)10-29-22(33)12-32-13-30-19-6-4-5-18(23(19)32)24(25,26)27/h4-9,11,13-14,31H,10,12H2,1-3H3,(H,29,33)/t14-/m0/s1. The van der Waals surface area contributed by atoms with Crippen LogP contribution in [0.5, 0.6) is 5.75 Å². The first kappa shape index (κ1) is 24.1. The fourth-order valence-electron chi connectivity index (χ4n) is 3.76. The minimum atomic E-state index is -4.55. The van der Waals surface area contributed by atoms with Gasteiger partial charge in [-0.05, 0) is 31.2 Å². The van der Waals surface area contributed by atoms with Gasteiger partial charge >= 0.3 is 6.18 Å². The Hall–Kier alpha value is -4.02. The van der Waals surface area contributed by atoms with Gasteiger partial charge in [-0.2, -0.15) is 13.2 Å². The topological polar surface area (TPSA) is 94.2 Å². The second-order valence-corrected chi connectivity index (χ2v) is 8.05. The summed E-state index contributed by atoms with van der Waals surface area (Å²) in [6, 6.07) is 9.08. The van der Waals surface area contributed by atoms with Crippen molar-refractivity contribution < 1.29 is 27.1 Å². The molecular weight excluding hydrogens is 463 g/mol. The summed E-state index contributed by atoms with van der Waals surface area (Å²) in [5, 5.41) is 6.01. The number of imidazole rings is 1. The first-order valence-electron chi connectivity index (χ1n) is 10.8. The summed E-state index contributed by atoms with van der Waals surface area (Å²) < 4.78 is 52.4. The van der Waals surface area contributed by atoms with Gasteiger partial charge in [0.05, 0.1) is 41.8 Å². The number of anilines is 1. The molecule has 8 nitrogen and oxygen atoms in total. The van der Waals surface area contributed by atoms with Crippen LogP contribution >= 0.6 is 0 Å². The van der Waals surface area contributed by atoms with E-state index in [4.69, 9.17) is 9.15 Å². The average Bonchev–Trinajstić information content (AvgIpc) is 3.43. The van der Waals surface area contributed by atoms with E-state index in [1.165, 1.54) is 23.0 Å². The maximum absolute atomic E-state index is 13.4. The Balaban J connectivity index is 1.38. The molecule has 4 rings (SSSR count). The van der Waals surface area contributed by atoms with Crippen molar-refractivity contribution in [2.24, 2.45) is 0 Å². The third kappa shape index (κ3) is 5.39. The molecule has 0 bridgehead atoms. The second kappa shape index (κ2) is 9.69. The van der Waals surface area contributed by atoms with Gasteiger partial charge in [0.2, 0.25) is 5.91 Å². The van der Waals surface area contributed by atoms with Crippen LogP contribution in [0.2, 0.25) is 0 Å². The van der Waals surface area contributed by atoms with Crippen molar-refractivity contribution in [1.29, 1.82) is 0 Å². The lowest BCUT2D eigenvalue weighted by Gasteiger charge is -2.18. The molecule has 0 unspecified atom stereocenters. The number of amides is 1. The first-order chi connectivity index (χ1) is 16.7. The van der Waals surface area contributed by atoms with E-state index < -0.39 is 17.6 Å². The lowest BCUT2D eigenvalue weighted by Crippen LogP contribution is -2.36. The molecule has 0 radical (unpaired) electrons. The lowest BCUT2D eigenvalue weighted by molar-refractivity contribution is -0.136. The SMILES string of the molecule is COc1cc(N[C@@H](C)CNC(=O)Cn2cnc3cccc(C(F)(F)F)c32)ccc1-c1cnc(C)o1. The summed E-state index contributed by atoms with van der Waals surface area (Å²) in [4.78, 5) is 20.6. The molecule has 35 heavy (non-hydrogen) atoms. The number of benzene rings is 2. The van der Waals surface area contributed by atoms with E-state index in [0.29, 0.717) is 17.4 Å². The summed E-state index contributed by atoms with van der Waals surface area (Å²) in [6.07, 6.45) is -1.68. The Kier molecular flexibility index (Phi) is 6.68. The van der Waals surface area contributed by atoms with E-state index in [0.717, 1.165) is 17.3 Å². The van der Waals surface area contributed by atoms with Crippen LogP contribution in [-0.2, 0) is 17.5 Å². The van der Waals surface area contributed by atoms with Crippen molar-refractivity contribution in [1.82, 2.24) is 19.9 Å². The summed E-state index contributed by atoms with van der Waals surface area (Å²) >= 11 is 0. The third-order valence-corrected chi connectivity index (χ3v) is 5.36. The molecule has 0 fully saturated rings. The molecule has 4 aromatic rings. The van der Waals surface area contributed by atoms with Crippen molar-refractivity contribution in [3.05, 3.63) is 60.4 Å². The number of alkyl halides is 3. The molecule has 0 saturated carbocycles. The maximum Gasteiger partial charge on any atom is 0.418 e. The number of aromatic nitrogens is 3. The molecule has 1 amide bonds. The number of carbonyl (C=O) groups is 1. The van der Waals surface area contributed by atoms with Gasteiger partial charge in [-0.3, -0.25) is 4.79 Å². The summed E-state index contributed by atoms with van der Waals surface area (Å²) in [6.45, 7) is 3.60. The van der Waals surface area contributed by atoms with Crippen LogP contribution in [0.15, 0.2) is 53.3 Å². The fraction of sp³-hybridized carbons (Fsp3) is 0.292. The number of carbonyl (C=O) groups excluding carboxylic acids is 1. The Morgan fingerprint density at radius 2 is 2.03 bits per heavy atom. The Morgan fingerprint density at radius 3 is 2.71 bits per heavy atom. The summed E-state index contributed by atoms with van der Waals surface area (Å²) in [5.41, 5.74) is 0.758. The number of oxazole rings is 1. The van der Waals surface area contributed by atoms with Crippen LogP contribution in [0.1, 0.15) is 18.4 Å². The molecule has 0 aliphatic rings. The monoisotopic (exact) mass is 487 g/mol. The number of hydrogen-bond acceptors (Lipinski definition) is 6. The zero-order chi connectivity index (χ0) is 25.2. The van der Waals surface area contributed by atoms with Gasteiger partial charge in [-0.25, -0.2) is 9.97 Å². The van der Waals surface area contributed by atoms with E-state index in [9.17, 15) is 18.0 Å². The van der Waals surface area contributed by atoms with Crippen LogP contribution in [0, 0.1) is 6.92 Å². The molecule has 0 saturated heterocycles. The number of aryl methyl sites for hydroxylation is 1.